The molecule has 16 heavy (non-hydrogen) atoms. The Morgan fingerprint density at radius 2 is 2.19 bits per heavy atom. The molecule has 0 nitrogen and oxygen atoms in total. The summed E-state index contributed by atoms with van der Waals surface area (Å²) in [6.07, 6.45) is 5.32. The summed E-state index contributed by atoms with van der Waals surface area (Å²) in [5.74, 6) is 0.614. The molecule has 0 aliphatic heterocycles. The second kappa shape index (κ2) is 5.50. The first-order chi connectivity index (χ1) is 7.66. The highest BCUT2D eigenvalue weighted by atomic mass is 79.9. The van der Waals surface area contributed by atoms with Crippen LogP contribution in [0.1, 0.15) is 31.2 Å². The van der Waals surface area contributed by atoms with Crippen molar-refractivity contribution in [3.63, 3.8) is 0 Å². The number of benzene rings is 1. The van der Waals surface area contributed by atoms with E-state index in [1.54, 1.807) is 0 Å². The predicted molar refractivity (Wildman–Crippen MR) is 69.4 cm³/mol. The minimum atomic E-state index is -0.119. The van der Waals surface area contributed by atoms with Gasteiger partial charge in [0.25, 0.3) is 0 Å². The molecule has 1 atom stereocenters. The van der Waals surface area contributed by atoms with Gasteiger partial charge in [0.2, 0.25) is 0 Å². The molecular formula is C13H15BrClF. The number of hydrogen-bond donors (Lipinski definition) is 0. The van der Waals surface area contributed by atoms with Gasteiger partial charge >= 0.3 is 0 Å². The van der Waals surface area contributed by atoms with Crippen LogP contribution in [0.5, 0.6) is 0 Å². The fraction of sp³-hybridized carbons (Fsp3) is 0.538. The molecule has 0 saturated heterocycles. The van der Waals surface area contributed by atoms with E-state index in [1.807, 2.05) is 12.1 Å². The molecule has 1 fully saturated rings. The van der Waals surface area contributed by atoms with Gasteiger partial charge in [-0.3, -0.25) is 0 Å². The van der Waals surface area contributed by atoms with Gasteiger partial charge in [-0.2, -0.15) is 0 Å². The van der Waals surface area contributed by atoms with Gasteiger partial charge in [-0.25, -0.2) is 4.39 Å². The Bertz CT molecular complexity index is 363. The number of halogens is 3. The zero-order chi connectivity index (χ0) is 11.5. The molecule has 88 valence electrons. The first-order valence-electron chi connectivity index (χ1n) is 5.75. The van der Waals surface area contributed by atoms with E-state index in [1.165, 1.54) is 18.9 Å². The van der Waals surface area contributed by atoms with Crippen molar-refractivity contribution in [2.24, 2.45) is 5.92 Å². The number of aryl methyl sites for hydroxylation is 1. The number of hydrogen-bond acceptors (Lipinski definition) is 0. The van der Waals surface area contributed by atoms with Crippen LogP contribution < -0.4 is 0 Å². The molecule has 0 N–H and O–H groups in total. The summed E-state index contributed by atoms with van der Waals surface area (Å²) in [6.45, 7) is 0. The highest BCUT2D eigenvalue weighted by Gasteiger charge is 2.28. The molecule has 1 aliphatic rings. The first kappa shape index (κ1) is 12.4. The van der Waals surface area contributed by atoms with Gasteiger partial charge in [0.15, 0.2) is 0 Å². The van der Waals surface area contributed by atoms with E-state index in [4.69, 9.17) is 11.6 Å². The lowest BCUT2D eigenvalue weighted by atomic mass is 10.1. The van der Waals surface area contributed by atoms with Gasteiger partial charge in [-0.1, -0.05) is 22.0 Å². The quantitative estimate of drug-likeness (QED) is 0.677. The van der Waals surface area contributed by atoms with Gasteiger partial charge in [0.1, 0.15) is 5.82 Å². The molecule has 1 aromatic carbocycles. The Balaban J connectivity index is 1.80. The Kier molecular flexibility index (Phi) is 4.26. The maximum absolute atomic E-state index is 13.5. The van der Waals surface area contributed by atoms with Crippen LogP contribution in [0.3, 0.4) is 0 Å². The summed E-state index contributed by atoms with van der Waals surface area (Å²) < 4.78 is 14.3. The fourth-order valence-electron chi connectivity index (χ4n) is 1.91. The van der Waals surface area contributed by atoms with Gasteiger partial charge in [0, 0.05) is 9.85 Å². The van der Waals surface area contributed by atoms with Crippen LogP contribution in [0, 0.1) is 11.7 Å². The van der Waals surface area contributed by atoms with Crippen molar-refractivity contribution in [1.82, 2.24) is 0 Å². The van der Waals surface area contributed by atoms with Crippen LogP contribution in [0.4, 0.5) is 4.39 Å². The minimum Gasteiger partial charge on any atom is -0.207 e. The predicted octanol–water partition coefficient (Wildman–Crippen LogP) is 4.93. The van der Waals surface area contributed by atoms with E-state index in [0.29, 0.717) is 5.38 Å². The molecule has 1 unspecified atom stereocenters. The SMILES string of the molecule is Fc1cc(Br)ccc1CCCC(Cl)C1CC1. The monoisotopic (exact) mass is 304 g/mol. The second-order valence-electron chi connectivity index (χ2n) is 4.48. The summed E-state index contributed by atoms with van der Waals surface area (Å²) in [4.78, 5) is 0. The van der Waals surface area contributed by atoms with Crippen molar-refractivity contribution in [1.29, 1.82) is 0 Å². The zero-order valence-corrected chi connectivity index (χ0v) is 11.4. The number of alkyl halides is 1. The molecule has 0 bridgehead atoms. The van der Waals surface area contributed by atoms with Gasteiger partial charge < -0.3 is 0 Å². The maximum atomic E-state index is 13.5. The highest BCUT2D eigenvalue weighted by molar-refractivity contribution is 9.10. The summed E-state index contributed by atoms with van der Waals surface area (Å²) in [7, 11) is 0. The summed E-state index contributed by atoms with van der Waals surface area (Å²) in [5.41, 5.74) is 0.794. The van der Waals surface area contributed by atoms with E-state index >= 15 is 0 Å². The lowest BCUT2D eigenvalue weighted by Gasteiger charge is -2.08. The molecule has 1 aromatic rings. The van der Waals surface area contributed by atoms with Gasteiger partial charge in [0.05, 0.1) is 0 Å². The van der Waals surface area contributed by atoms with Crippen LogP contribution in [-0.2, 0) is 6.42 Å². The lowest BCUT2D eigenvalue weighted by molar-refractivity contribution is 0.588. The topological polar surface area (TPSA) is 0 Å². The molecule has 1 aliphatic carbocycles. The van der Waals surface area contributed by atoms with E-state index in [-0.39, 0.29) is 5.82 Å². The van der Waals surface area contributed by atoms with Crippen molar-refractivity contribution in [3.8, 4) is 0 Å². The van der Waals surface area contributed by atoms with Gasteiger partial charge in [-0.05, 0) is 55.7 Å². The molecule has 2 rings (SSSR count). The average Bonchev–Trinajstić information content (AvgIpc) is 3.04. The third kappa shape index (κ3) is 3.46. The summed E-state index contributed by atoms with van der Waals surface area (Å²) in [6, 6.07) is 5.26. The summed E-state index contributed by atoms with van der Waals surface area (Å²) >= 11 is 9.46. The highest BCUT2D eigenvalue weighted by Crippen LogP contribution is 2.37. The van der Waals surface area contributed by atoms with Crippen molar-refractivity contribution < 1.29 is 4.39 Å². The van der Waals surface area contributed by atoms with Crippen LogP contribution in [-0.4, -0.2) is 5.38 Å². The third-order valence-corrected chi connectivity index (χ3v) is 4.14. The molecule has 0 radical (unpaired) electrons. The van der Waals surface area contributed by atoms with E-state index in [9.17, 15) is 4.39 Å². The standard InChI is InChI=1S/C13H15BrClF/c14-11-7-6-10(13(16)8-11)2-1-3-12(15)9-4-5-9/h6-9,12H,1-5H2. The Hall–Kier alpha value is -0.0800. The third-order valence-electron chi connectivity index (χ3n) is 3.07. The van der Waals surface area contributed by atoms with Crippen LogP contribution in [0.15, 0.2) is 22.7 Å². The first-order valence-corrected chi connectivity index (χ1v) is 6.98. The Morgan fingerprint density at radius 1 is 1.44 bits per heavy atom. The molecule has 3 heteroatoms. The number of rotatable bonds is 5. The fourth-order valence-corrected chi connectivity index (χ4v) is 2.64. The van der Waals surface area contributed by atoms with Crippen LogP contribution in [0.25, 0.3) is 0 Å². The van der Waals surface area contributed by atoms with E-state index in [0.717, 1.165) is 35.2 Å². The lowest BCUT2D eigenvalue weighted by Crippen LogP contribution is -2.02. The molecule has 0 spiro atoms. The van der Waals surface area contributed by atoms with E-state index < -0.39 is 0 Å². The molecule has 0 amide bonds. The smallest absolute Gasteiger partial charge is 0.127 e. The molecule has 0 aromatic heterocycles. The minimum absolute atomic E-state index is 0.119. The van der Waals surface area contributed by atoms with Crippen LogP contribution >= 0.6 is 27.5 Å². The van der Waals surface area contributed by atoms with E-state index in [2.05, 4.69) is 15.9 Å². The molecule has 0 heterocycles. The van der Waals surface area contributed by atoms with Gasteiger partial charge in [-0.15, -0.1) is 11.6 Å². The van der Waals surface area contributed by atoms with Crippen molar-refractivity contribution in [2.75, 3.05) is 0 Å². The van der Waals surface area contributed by atoms with Crippen molar-refractivity contribution in [2.45, 2.75) is 37.5 Å². The summed E-state index contributed by atoms with van der Waals surface area (Å²) in [5, 5.41) is 0.304. The zero-order valence-electron chi connectivity index (χ0n) is 9.06. The average molecular weight is 306 g/mol. The maximum Gasteiger partial charge on any atom is 0.127 e. The second-order valence-corrected chi connectivity index (χ2v) is 5.96. The largest absolute Gasteiger partial charge is 0.207 e. The Morgan fingerprint density at radius 3 is 2.81 bits per heavy atom. The Labute approximate surface area is 109 Å². The van der Waals surface area contributed by atoms with Crippen molar-refractivity contribution >= 4 is 27.5 Å². The van der Waals surface area contributed by atoms with Crippen LogP contribution in [0.2, 0.25) is 0 Å². The molecule has 1 saturated carbocycles. The van der Waals surface area contributed by atoms with Crippen molar-refractivity contribution in [3.05, 3.63) is 34.1 Å². The molecular weight excluding hydrogens is 290 g/mol. The normalized spacial score (nSPS) is 17.4.